The fraction of sp³-hybridized carbons (Fsp3) is 0.429. The highest BCUT2D eigenvalue weighted by Crippen LogP contribution is 2.01. The van der Waals surface area contributed by atoms with Crippen molar-refractivity contribution in [3.05, 3.63) is 23.9 Å². The fourth-order valence-electron chi connectivity index (χ4n) is 0.432. The summed E-state index contributed by atoms with van der Waals surface area (Å²) in [4.78, 5) is 0. The summed E-state index contributed by atoms with van der Waals surface area (Å²) in [6.45, 7) is 7.87. The first-order valence-electron chi connectivity index (χ1n) is 2.97. The third-order valence-electron chi connectivity index (χ3n) is 1.12. The van der Waals surface area contributed by atoms with Crippen LogP contribution in [0.25, 0.3) is 0 Å². The number of allylic oxidation sites excluding steroid dienone is 2. The van der Waals surface area contributed by atoms with Crippen LogP contribution in [0.4, 0.5) is 0 Å². The zero-order valence-corrected chi connectivity index (χ0v) is 6.83. The molecular weight excluding hydrogens is 130 g/mol. The predicted molar refractivity (Wildman–Crippen MR) is 45.3 cm³/mol. The minimum absolute atomic E-state index is 0.845. The van der Waals surface area contributed by atoms with Gasteiger partial charge in [-0.1, -0.05) is 31.9 Å². The van der Waals surface area contributed by atoms with Gasteiger partial charge in [0, 0.05) is 5.70 Å². The molecule has 0 fully saturated rings. The van der Waals surface area contributed by atoms with Gasteiger partial charge in [-0.25, -0.2) is 0 Å². The van der Waals surface area contributed by atoms with Crippen molar-refractivity contribution in [1.29, 1.82) is 0 Å². The van der Waals surface area contributed by atoms with Crippen LogP contribution in [0.15, 0.2) is 23.9 Å². The van der Waals surface area contributed by atoms with Gasteiger partial charge >= 0.3 is 0 Å². The summed E-state index contributed by atoms with van der Waals surface area (Å²) in [5.74, 6) is 0. The van der Waals surface area contributed by atoms with E-state index in [1.165, 1.54) is 5.57 Å². The smallest absolute Gasteiger partial charge is 0.0365 e. The molecule has 0 aliphatic carbocycles. The lowest BCUT2D eigenvalue weighted by Gasteiger charge is -1.97. The molecule has 1 N–H and O–H groups in total. The molecule has 0 aliphatic heterocycles. The lowest BCUT2D eigenvalue weighted by atomic mass is 10.2. The zero-order valence-electron chi connectivity index (χ0n) is 5.94. The van der Waals surface area contributed by atoms with E-state index in [1.807, 2.05) is 6.08 Å². The molecule has 0 bridgehead atoms. The van der Waals surface area contributed by atoms with Gasteiger partial charge in [0.2, 0.25) is 0 Å². The van der Waals surface area contributed by atoms with Gasteiger partial charge in [0.1, 0.15) is 0 Å². The molecule has 0 heterocycles. The standard InChI is InChI=1S/C7H13NS/c1-4-6(2)5-7(3)8-9/h5,8-9H,3-4H2,1-2H3/b6-5+. The van der Waals surface area contributed by atoms with Crippen LogP contribution in [0.5, 0.6) is 0 Å². The van der Waals surface area contributed by atoms with E-state index >= 15 is 0 Å². The van der Waals surface area contributed by atoms with Gasteiger partial charge in [0.25, 0.3) is 0 Å². The fourth-order valence-corrected chi connectivity index (χ4v) is 0.496. The molecule has 0 amide bonds. The Balaban J connectivity index is 3.79. The zero-order chi connectivity index (χ0) is 7.28. The van der Waals surface area contributed by atoms with Crippen molar-refractivity contribution in [3.8, 4) is 0 Å². The number of rotatable bonds is 3. The van der Waals surface area contributed by atoms with Crippen molar-refractivity contribution < 1.29 is 0 Å². The van der Waals surface area contributed by atoms with E-state index < -0.39 is 0 Å². The normalized spacial score (nSPS) is 11.2. The van der Waals surface area contributed by atoms with E-state index in [1.54, 1.807) is 0 Å². The van der Waals surface area contributed by atoms with Gasteiger partial charge in [-0.05, 0) is 19.4 Å². The molecule has 0 unspecified atom stereocenters. The maximum atomic E-state index is 3.83. The van der Waals surface area contributed by atoms with Crippen LogP contribution in [0.3, 0.4) is 0 Å². The van der Waals surface area contributed by atoms with Crippen molar-refractivity contribution in [3.63, 3.8) is 0 Å². The minimum Gasteiger partial charge on any atom is -0.333 e. The lowest BCUT2D eigenvalue weighted by Crippen LogP contribution is -1.93. The molecule has 0 aromatic heterocycles. The van der Waals surface area contributed by atoms with Crippen LogP contribution in [0.2, 0.25) is 0 Å². The Labute approximate surface area is 62.4 Å². The van der Waals surface area contributed by atoms with E-state index in [0.29, 0.717) is 0 Å². The molecule has 1 nitrogen and oxygen atoms in total. The van der Waals surface area contributed by atoms with Crippen molar-refractivity contribution in [2.45, 2.75) is 20.3 Å². The minimum atomic E-state index is 0.845. The summed E-state index contributed by atoms with van der Waals surface area (Å²) in [5, 5.41) is 0. The second kappa shape index (κ2) is 4.50. The summed E-state index contributed by atoms with van der Waals surface area (Å²) in [7, 11) is 0. The third kappa shape index (κ3) is 4.15. The Kier molecular flexibility index (Phi) is 4.32. The highest BCUT2D eigenvalue weighted by Gasteiger charge is 1.84. The molecule has 0 radical (unpaired) electrons. The van der Waals surface area contributed by atoms with Gasteiger partial charge < -0.3 is 4.72 Å². The molecule has 9 heavy (non-hydrogen) atoms. The van der Waals surface area contributed by atoms with Crippen LogP contribution >= 0.6 is 12.8 Å². The molecule has 0 aromatic rings. The Bertz CT molecular complexity index is 127. The maximum Gasteiger partial charge on any atom is 0.0365 e. The molecule has 0 aromatic carbocycles. The molecule has 0 spiro atoms. The molecule has 52 valence electrons. The quantitative estimate of drug-likeness (QED) is 0.456. The first-order chi connectivity index (χ1) is 4.20. The van der Waals surface area contributed by atoms with Crippen LogP contribution < -0.4 is 4.72 Å². The SMILES string of the molecule is C=C(/C=C(\C)CC)NS. The number of hydrogen-bond acceptors (Lipinski definition) is 2. The van der Waals surface area contributed by atoms with Crippen LogP contribution in [-0.2, 0) is 0 Å². The summed E-state index contributed by atoms with van der Waals surface area (Å²) >= 11 is 3.83. The van der Waals surface area contributed by atoms with Crippen molar-refractivity contribution in [1.82, 2.24) is 4.72 Å². The van der Waals surface area contributed by atoms with Crippen molar-refractivity contribution in [2.75, 3.05) is 0 Å². The van der Waals surface area contributed by atoms with Gasteiger partial charge in [-0.2, -0.15) is 0 Å². The van der Waals surface area contributed by atoms with E-state index in [4.69, 9.17) is 0 Å². The molecule has 0 saturated carbocycles. The third-order valence-corrected chi connectivity index (χ3v) is 1.41. The maximum absolute atomic E-state index is 3.83. The Morgan fingerprint density at radius 3 is 2.67 bits per heavy atom. The van der Waals surface area contributed by atoms with Crippen molar-refractivity contribution >= 4 is 12.8 Å². The summed E-state index contributed by atoms with van der Waals surface area (Å²) in [5.41, 5.74) is 2.15. The average molecular weight is 143 g/mol. The van der Waals surface area contributed by atoms with Gasteiger partial charge in [-0.3, -0.25) is 0 Å². The van der Waals surface area contributed by atoms with Gasteiger partial charge in [0.05, 0.1) is 0 Å². The molecule has 2 heteroatoms. The lowest BCUT2D eigenvalue weighted by molar-refractivity contribution is 1.09. The summed E-state index contributed by atoms with van der Waals surface area (Å²) in [6.07, 6.45) is 3.04. The highest BCUT2D eigenvalue weighted by molar-refractivity contribution is 7.78. The molecule has 0 rings (SSSR count). The van der Waals surface area contributed by atoms with Crippen LogP contribution in [0.1, 0.15) is 20.3 Å². The van der Waals surface area contributed by atoms with Gasteiger partial charge in [0.15, 0.2) is 0 Å². The van der Waals surface area contributed by atoms with Crippen LogP contribution in [0, 0.1) is 0 Å². The van der Waals surface area contributed by atoms with Crippen molar-refractivity contribution in [2.24, 2.45) is 0 Å². The van der Waals surface area contributed by atoms with Gasteiger partial charge in [-0.15, -0.1) is 0 Å². The van der Waals surface area contributed by atoms with E-state index in [9.17, 15) is 0 Å². The Morgan fingerprint density at radius 2 is 2.33 bits per heavy atom. The first-order valence-corrected chi connectivity index (χ1v) is 3.41. The monoisotopic (exact) mass is 143 g/mol. The highest BCUT2D eigenvalue weighted by atomic mass is 32.1. The Hall–Kier alpha value is -0.370. The largest absolute Gasteiger partial charge is 0.333 e. The number of nitrogens with one attached hydrogen (secondary N) is 1. The predicted octanol–water partition coefficient (Wildman–Crippen LogP) is 2.29. The second-order valence-electron chi connectivity index (χ2n) is 1.98. The number of hydrogen-bond donors (Lipinski definition) is 2. The molecular formula is C7H13NS. The Morgan fingerprint density at radius 1 is 1.78 bits per heavy atom. The topological polar surface area (TPSA) is 12.0 Å². The molecule has 0 atom stereocenters. The first kappa shape index (κ1) is 8.63. The van der Waals surface area contributed by atoms with E-state index in [0.717, 1.165) is 12.1 Å². The molecule has 0 aliphatic rings. The summed E-state index contributed by atoms with van der Waals surface area (Å²) < 4.78 is 2.65. The van der Waals surface area contributed by atoms with E-state index in [2.05, 4.69) is 38.0 Å². The average Bonchev–Trinajstić information content (AvgIpc) is 1.87. The second-order valence-corrected chi connectivity index (χ2v) is 2.20. The molecule has 0 saturated heterocycles. The summed E-state index contributed by atoms with van der Waals surface area (Å²) in [6, 6.07) is 0. The van der Waals surface area contributed by atoms with E-state index in [-0.39, 0.29) is 0 Å². The van der Waals surface area contributed by atoms with Crippen LogP contribution in [-0.4, -0.2) is 0 Å². The number of thiol groups is 1.